The van der Waals surface area contributed by atoms with Gasteiger partial charge in [-0.25, -0.2) is 0 Å². The van der Waals surface area contributed by atoms with Gasteiger partial charge in [0.15, 0.2) is 0 Å². The maximum Gasteiger partial charge on any atom is 0.304 e. The number of hydrogen-bond donors (Lipinski definition) is 7. The fourth-order valence-corrected chi connectivity index (χ4v) is 12.0. The van der Waals surface area contributed by atoms with Gasteiger partial charge in [-0.3, -0.25) is 53.5 Å². The van der Waals surface area contributed by atoms with Crippen LogP contribution in [0.1, 0.15) is 104 Å². The maximum atomic E-state index is 14.2. The number of carboxylic acid groups (broad SMARTS) is 5. The molecule has 8 bridgehead atoms. The summed E-state index contributed by atoms with van der Waals surface area (Å²) in [6.07, 6.45) is -0.455. The average molecular weight is 907 g/mol. The van der Waals surface area contributed by atoms with Crippen LogP contribution in [0.15, 0.2) is 43.1 Å². The molecule has 1 spiro atoms. The summed E-state index contributed by atoms with van der Waals surface area (Å²) in [7, 11) is 0. The summed E-state index contributed by atoms with van der Waals surface area (Å²) in [5, 5.41) is 67.3. The molecule has 0 saturated carbocycles. The molecule has 2 amide bonds. The number of carboxylic acids is 5. The van der Waals surface area contributed by atoms with Crippen molar-refractivity contribution in [3.63, 3.8) is 0 Å². The molecule has 11 atom stereocenters. The standard InChI is InChI=1S/C42H52N6O13.Ni/c1-40(16-30(43)50)22(5-9-33(54)55)27-15-42-41(2,17-31(51)48-42)23(6-10-34(56)57)26(47-42)13-24-20(11-35(58)59)19(4-8-32(52)53)39(45-24)37-28(49)7-3-18-21(12-36(60)61)25(46-38(18)37)14-29(40)44-27;/h13,18-23,25,27,49H,3-12,14-17H2,1-2H3,(H2,43,50)(H,48,51)(H,52,53)(H,54,55)(H,56,57)(H,58,59)(H,60,61);/p-1/b24-13-;/t18-,19-,20-,21-,22+,23+,25+,27-,40-,41-,42-;/m0./s1. The van der Waals surface area contributed by atoms with Crippen LogP contribution < -0.4 is 16.2 Å². The molecule has 6 aliphatic heterocycles. The number of amides is 2. The fraction of sp³-hybridized carbons (Fsp3) is 0.643. The molecule has 7 aliphatic rings. The molecule has 62 heavy (non-hydrogen) atoms. The van der Waals surface area contributed by atoms with E-state index in [2.05, 4.69) is 5.32 Å². The molecule has 0 unspecified atom stereocenters. The minimum atomic E-state index is -1.46. The van der Waals surface area contributed by atoms with Gasteiger partial charge in [-0.05, 0) is 44.1 Å². The van der Waals surface area contributed by atoms with Crippen LogP contribution in [0.4, 0.5) is 0 Å². The Labute approximate surface area is 366 Å². The van der Waals surface area contributed by atoms with E-state index in [-0.39, 0.29) is 122 Å². The van der Waals surface area contributed by atoms with Gasteiger partial charge in [-0.15, -0.1) is 5.76 Å². The monoisotopic (exact) mass is 905 g/mol. The van der Waals surface area contributed by atoms with Crippen LogP contribution in [0.25, 0.3) is 0 Å². The van der Waals surface area contributed by atoms with Gasteiger partial charge in [0.1, 0.15) is 5.66 Å². The van der Waals surface area contributed by atoms with Crippen molar-refractivity contribution in [3.05, 3.63) is 23.1 Å². The van der Waals surface area contributed by atoms with Crippen molar-refractivity contribution in [2.75, 3.05) is 0 Å². The molecule has 0 aromatic rings. The van der Waals surface area contributed by atoms with E-state index in [1.807, 2.05) is 6.92 Å². The summed E-state index contributed by atoms with van der Waals surface area (Å²) in [4.78, 5) is 108. The van der Waals surface area contributed by atoms with Crippen LogP contribution in [0, 0.1) is 46.3 Å². The largest absolute Gasteiger partial charge is 0.875 e. The molecule has 20 heteroatoms. The number of hydrogen-bond acceptors (Lipinski definition) is 12. The van der Waals surface area contributed by atoms with Crippen LogP contribution in [0.5, 0.6) is 0 Å². The molecular formula is C42H51N6NiO13-. The number of aliphatic imine (C=N–C) groups is 4. The summed E-state index contributed by atoms with van der Waals surface area (Å²) in [6, 6.07) is -1.58. The summed E-state index contributed by atoms with van der Waals surface area (Å²) in [5.41, 5.74) is 3.63. The van der Waals surface area contributed by atoms with Crippen molar-refractivity contribution in [1.29, 1.82) is 0 Å². The average Bonchev–Trinajstić information content (AvgIpc) is 3.83. The Balaban J connectivity index is 0.00000641. The van der Waals surface area contributed by atoms with Crippen LogP contribution in [0.3, 0.4) is 0 Å². The van der Waals surface area contributed by atoms with Gasteiger partial charge in [0.25, 0.3) is 0 Å². The number of carbonyl (C=O) groups excluding carboxylic acids is 2. The Bertz CT molecular complexity index is 2180. The third-order valence-corrected chi connectivity index (χ3v) is 14.7. The fourth-order valence-electron chi connectivity index (χ4n) is 12.0. The van der Waals surface area contributed by atoms with Gasteiger partial charge >= 0.3 is 29.8 Å². The van der Waals surface area contributed by atoms with E-state index in [0.29, 0.717) is 17.1 Å². The zero-order valence-corrected chi connectivity index (χ0v) is 35.3. The van der Waals surface area contributed by atoms with Gasteiger partial charge in [0, 0.05) is 130 Å². The number of carbonyl (C=O) groups is 7. The first kappa shape index (κ1) is 46.3. The molecular weight excluding hydrogens is 855 g/mol. The SMILES string of the molecule is C[C@@]12CC(=O)N[C@@]13C[C@@H]1N=C(C[C@H]4N=C5C(=C([O-])CC[C@H]5[C@@H]4CC(=O)O)C4=N/C(=C\C(=N3)[C@H]2CCC(=O)O)[C@@H](CC(=O)O)[C@@H]4CCC(=O)O)[C@@](C)(CC(N)=O)[C@@H]1CCC(=O)O.[Ni]. The van der Waals surface area contributed by atoms with Crippen molar-refractivity contribution in [2.24, 2.45) is 72.0 Å². The maximum absolute atomic E-state index is 14.2. The van der Waals surface area contributed by atoms with Crippen LogP contribution in [-0.4, -0.2) is 108 Å². The smallest absolute Gasteiger partial charge is 0.304 e. The Morgan fingerprint density at radius 1 is 0.855 bits per heavy atom. The van der Waals surface area contributed by atoms with Gasteiger partial charge in [0.2, 0.25) is 11.8 Å². The third kappa shape index (κ3) is 8.21. The third-order valence-electron chi connectivity index (χ3n) is 14.7. The van der Waals surface area contributed by atoms with Crippen molar-refractivity contribution < 1.29 is 80.7 Å². The number of aliphatic carboxylic acids is 5. The Kier molecular flexibility index (Phi) is 12.8. The first-order chi connectivity index (χ1) is 28.7. The summed E-state index contributed by atoms with van der Waals surface area (Å²) in [6.45, 7) is 3.58. The minimum absolute atomic E-state index is 0. The van der Waals surface area contributed by atoms with E-state index in [9.17, 15) is 64.2 Å². The Morgan fingerprint density at radius 3 is 2.13 bits per heavy atom. The molecule has 6 heterocycles. The van der Waals surface area contributed by atoms with Crippen molar-refractivity contribution in [2.45, 2.75) is 121 Å². The molecule has 1 aliphatic carbocycles. The molecule has 0 aromatic carbocycles. The van der Waals surface area contributed by atoms with Gasteiger partial charge in [0.05, 0.1) is 30.6 Å². The molecule has 19 nitrogen and oxygen atoms in total. The Morgan fingerprint density at radius 2 is 1.50 bits per heavy atom. The number of rotatable bonds is 15. The van der Waals surface area contributed by atoms with E-state index in [0.717, 1.165) is 0 Å². The van der Waals surface area contributed by atoms with Crippen LogP contribution in [-0.2, 0) is 50.1 Å². The van der Waals surface area contributed by atoms with Gasteiger partial charge < -0.3 is 41.7 Å². The second-order valence-corrected chi connectivity index (χ2v) is 18.3. The van der Waals surface area contributed by atoms with E-state index in [1.54, 1.807) is 13.0 Å². The van der Waals surface area contributed by atoms with Crippen molar-refractivity contribution in [3.8, 4) is 0 Å². The molecule has 1 fully saturated rings. The molecule has 7 rings (SSSR count). The second kappa shape index (κ2) is 17.1. The zero-order chi connectivity index (χ0) is 44.3. The van der Waals surface area contributed by atoms with E-state index >= 15 is 0 Å². The van der Waals surface area contributed by atoms with Crippen LogP contribution in [0.2, 0.25) is 0 Å². The number of nitrogens with zero attached hydrogens (tertiary/aromatic N) is 4. The summed E-state index contributed by atoms with van der Waals surface area (Å²) >= 11 is 0. The van der Waals surface area contributed by atoms with E-state index in [1.165, 1.54) is 0 Å². The molecule has 1 saturated heterocycles. The zero-order valence-electron chi connectivity index (χ0n) is 34.3. The quantitative estimate of drug-likeness (QED) is 0.116. The normalized spacial score (nSPS) is 36.2. The second-order valence-electron chi connectivity index (χ2n) is 18.3. The summed E-state index contributed by atoms with van der Waals surface area (Å²) < 4.78 is 0. The molecule has 338 valence electrons. The van der Waals surface area contributed by atoms with Crippen molar-refractivity contribution in [1.82, 2.24) is 5.32 Å². The number of nitrogens with one attached hydrogen (secondary N) is 1. The minimum Gasteiger partial charge on any atom is -0.875 e. The number of allylic oxidation sites excluding steroid dienone is 4. The Hall–Kier alpha value is -5.26. The summed E-state index contributed by atoms with van der Waals surface area (Å²) in [5.74, 6) is -11.6. The molecule has 8 N–H and O–H groups in total. The van der Waals surface area contributed by atoms with E-state index in [4.69, 9.17) is 25.7 Å². The number of primary amides is 1. The molecule has 0 radical (unpaired) electrons. The molecule has 0 aromatic heterocycles. The topological polar surface area (TPSA) is 331 Å². The first-order valence-electron chi connectivity index (χ1n) is 20.8. The number of nitrogens with two attached hydrogens (primary N) is 1. The van der Waals surface area contributed by atoms with Gasteiger partial charge in [-0.2, -0.15) is 0 Å². The predicted octanol–water partition coefficient (Wildman–Crippen LogP) is 1.97. The van der Waals surface area contributed by atoms with E-state index < -0.39 is 113 Å². The van der Waals surface area contributed by atoms with Crippen molar-refractivity contribution >= 4 is 64.5 Å². The first-order valence-corrected chi connectivity index (χ1v) is 20.8. The number of fused-ring (bicyclic) bond motifs is 4. The predicted molar refractivity (Wildman–Crippen MR) is 212 cm³/mol. The van der Waals surface area contributed by atoms with Crippen LogP contribution >= 0.6 is 0 Å². The van der Waals surface area contributed by atoms with Gasteiger partial charge in [-0.1, -0.05) is 13.8 Å².